The van der Waals surface area contributed by atoms with E-state index in [1.54, 1.807) is 7.11 Å². The van der Waals surface area contributed by atoms with Gasteiger partial charge in [-0.05, 0) is 45.5 Å². The van der Waals surface area contributed by atoms with E-state index in [-0.39, 0.29) is 11.6 Å². The van der Waals surface area contributed by atoms with Gasteiger partial charge in [0.2, 0.25) is 0 Å². The number of rotatable bonds is 5. The van der Waals surface area contributed by atoms with Crippen molar-refractivity contribution in [3.8, 4) is 5.75 Å². The van der Waals surface area contributed by atoms with Crippen molar-refractivity contribution in [1.29, 1.82) is 0 Å². The molecule has 0 radical (unpaired) electrons. The van der Waals surface area contributed by atoms with Gasteiger partial charge in [0, 0.05) is 11.1 Å². The largest absolute Gasteiger partial charge is 0.496 e. The minimum absolute atomic E-state index is 0.112. The fourth-order valence-electron chi connectivity index (χ4n) is 2.67. The Morgan fingerprint density at radius 1 is 1.21 bits per heavy atom. The van der Waals surface area contributed by atoms with Gasteiger partial charge >= 0.3 is 0 Å². The maximum absolute atomic E-state index is 6.37. The average molecular weight is 264 g/mol. The Morgan fingerprint density at radius 3 is 2.16 bits per heavy atom. The Balaban J connectivity index is 3.39. The molecule has 1 rings (SSSR count). The molecule has 3 nitrogen and oxygen atoms in total. The van der Waals surface area contributed by atoms with Gasteiger partial charge in [-0.2, -0.15) is 0 Å². The van der Waals surface area contributed by atoms with Gasteiger partial charge in [0.05, 0.1) is 13.2 Å². The molecule has 1 unspecified atom stereocenters. The van der Waals surface area contributed by atoms with Gasteiger partial charge in [-0.1, -0.05) is 26.0 Å². The molecule has 0 aliphatic rings. The fourth-order valence-corrected chi connectivity index (χ4v) is 2.67. The van der Waals surface area contributed by atoms with Crippen LogP contribution in [0.4, 0.5) is 0 Å². The summed E-state index contributed by atoms with van der Waals surface area (Å²) in [5.41, 5.74) is 8.49. The van der Waals surface area contributed by atoms with Crippen molar-refractivity contribution in [2.75, 3.05) is 21.2 Å². The van der Waals surface area contributed by atoms with Crippen LogP contribution in [-0.4, -0.2) is 31.6 Å². The zero-order valence-corrected chi connectivity index (χ0v) is 13.3. The number of hydrogen-bond acceptors (Lipinski definition) is 3. The van der Waals surface area contributed by atoms with Crippen molar-refractivity contribution in [2.24, 2.45) is 5.73 Å². The van der Waals surface area contributed by atoms with E-state index in [2.05, 4.69) is 58.8 Å². The van der Waals surface area contributed by atoms with Crippen LogP contribution in [0.1, 0.15) is 50.8 Å². The number of hydrogen-bond donors (Lipinski definition) is 1. The first-order valence-electron chi connectivity index (χ1n) is 6.81. The number of benzene rings is 1. The van der Waals surface area contributed by atoms with Crippen LogP contribution in [0.15, 0.2) is 18.2 Å². The highest BCUT2D eigenvalue weighted by Gasteiger charge is 2.31. The minimum atomic E-state index is -0.341. The molecule has 1 aromatic carbocycles. The third-order valence-electron chi connectivity index (χ3n) is 3.44. The van der Waals surface area contributed by atoms with Crippen molar-refractivity contribution >= 4 is 0 Å². The van der Waals surface area contributed by atoms with Gasteiger partial charge in [-0.15, -0.1) is 0 Å². The van der Waals surface area contributed by atoms with Crippen molar-refractivity contribution < 1.29 is 4.74 Å². The molecule has 0 spiro atoms. The summed E-state index contributed by atoms with van der Waals surface area (Å²) in [7, 11) is 5.83. The summed E-state index contributed by atoms with van der Waals surface area (Å²) in [5.74, 6) is 1.40. The lowest BCUT2D eigenvalue weighted by molar-refractivity contribution is 0.199. The molecule has 0 amide bonds. The van der Waals surface area contributed by atoms with Crippen LogP contribution < -0.4 is 10.5 Å². The average Bonchev–Trinajstić information content (AvgIpc) is 2.26. The first kappa shape index (κ1) is 16.0. The van der Waals surface area contributed by atoms with Gasteiger partial charge in [-0.3, -0.25) is 0 Å². The molecule has 2 N–H and O–H groups in total. The first-order chi connectivity index (χ1) is 8.68. The van der Waals surface area contributed by atoms with Crippen molar-refractivity contribution in [1.82, 2.24) is 4.90 Å². The highest BCUT2D eigenvalue weighted by Crippen LogP contribution is 2.36. The van der Waals surface area contributed by atoms with E-state index in [9.17, 15) is 0 Å². The molecule has 0 saturated heterocycles. The third kappa shape index (κ3) is 3.71. The van der Waals surface area contributed by atoms with Crippen LogP contribution in [-0.2, 0) is 0 Å². The molecular formula is C16H28N2O. The normalized spacial score (nSPS) is 14.0. The Hall–Kier alpha value is -1.06. The molecular weight excluding hydrogens is 236 g/mol. The molecule has 0 saturated carbocycles. The quantitative estimate of drug-likeness (QED) is 0.888. The van der Waals surface area contributed by atoms with Crippen molar-refractivity contribution in [2.45, 2.75) is 45.2 Å². The van der Waals surface area contributed by atoms with E-state index < -0.39 is 0 Å². The topological polar surface area (TPSA) is 38.5 Å². The second-order valence-corrected chi connectivity index (χ2v) is 6.34. The van der Waals surface area contributed by atoms with E-state index in [4.69, 9.17) is 10.5 Å². The Morgan fingerprint density at radius 2 is 1.79 bits per heavy atom. The Labute approximate surface area is 117 Å². The molecule has 108 valence electrons. The molecule has 19 heavy (non-hydrogen) atoms. The molecule has 1 aromatic rings. The summed E-state index contributed by atoms with van der Waals surface area (Å²) < 4.78 is 5.52. The summed E-state index contributed by atoms with van der Waals surface area (Å²) >= 11 is 0. The van der Waals surface area contributed by atoms with Crippen molar-refractivity contribution in [3.05, 3.63) is 29.3 Å². The minimum Gasteiger partial charge on any atom is -0.496 e. The third-order valence-corrected chi connectivity index (χ3v) is 3.44. The van der Waals surface area contributed by atoms with Crippen molar-refractivity contribution in [3.63, 3.8) is 0 Å². The monoisotopic (exact) mass is 264 g/mol. The smallest absolute Gasteiger partial charge is 0.123 e. The Kier molecular flexibility index (Phi) is 4.99. The van der Waals surface area contributed by atoms with E-state index in [0.29, 0.717) is 5.92 Å². The Bertz CT molecular complexity index is 419. The van der Waals surface area contributed by atoms with Crippen LogP contribution in [0, 0.1) is 0 Å². The number of methoxy groups -OCH3 is 1. The summed E-state index contributed by atoms with van der Waals surface area (Å²) in [5, 5.41) is 0. The number of likely N-dealkylation sites (N-methyl/N-ethyl adjacent to an activating group) is 1. The zero-order valence-electron chi connectivity index (χ0n) is 13.3. The molecule has 1 atom stereocenters. The van der Waals surface area contributed by atoms with Crippen LogP contribution in [0.25, 0.3) is 0 Å². The van der Waals surface area contributed by atoms with E-state index >= 15 is 0 Å². The standard InChI is InChI=1S/C16H28N2O/c1-11(2)12-8-9-14(19-7)13(10-12)15(18(5)6)16(3,4)17/h8-11,15H,17H2,1-7H3. The maximum Gasteiger partial charge on any atom is 0.123 e. The SMILES string of the molecule is COc1ccc(C(C)C)cc1C(N(C)C)C(C)(C)N. The van der Waals surface area contributed by atoms with Gasteiger partial charge in [0.1, 0.15) is 5.75 Å². The molecule has 0 aliphatic carbocycles. The molecule has 0 bridgehead atoms. The number of ether oxygens (including phenoxy) is 1. The lowest BCUT2D eigenvalue weighted by Gasteiger charge is -2.37. The molecule has 0 aliphatic heterocycles. The lowest BCUT2D eigenvalue weighted by atomic mass is 9.86. The van der Waals surface area contributed by atoms with E-state index in [1.807, 2.05) is 6.07 Å². The summed E-state index contributed by atoms with van der Waals surface area (Å²) in [4.78, 5) is 2.15. The van der Waals surface area contributed by atoms with Gasteiger partial charge in [-0.25, -0.2) is 0 Å². The summed E-state index contributed by atoms with van der Waals surface area (Å²) in [6.07, 6.45) is 0. The predicted octanol–water partition coefficient (Wildman–Crippen LogP) is 3.16. The van der Waals surface area contributed by atoms with E-state index in [0.717, 1.165) is 11.3 Å². The summed E-state index contributed by atoms with van der Waals surface area (Å²) in [6, 6.07) is 6.51. The molecule has 0 heterocycles. The molecule has 3 heteroatoms. The van der Waals surface area contributed by atoms with Crippen LogP contribution in [0.3, 0.4) is 0 Å². The van der Waals surface area contributed by atoms with Crippen LogP contribution in [0.2, 0.25) is 0 Å². The number of nitrogens with zero attached hydrogens (tertiary/aromatic N) is 1. The predicted molar refractivity (Wildman–Crippen MR) is 81.8 cm³/mol. The van der Waals surface area contributed by atoms with E-state index in [1.165, 1.54) is 5.56 Å². The highest BCUT2D eigenvalue weighted by molar-refractivity contribution is 5.41. The van der Waals surface area contributed by atoms with Gasteiger partial charge in [0.25, 0.3) is 0 Å². The van der Waals surface area contributed by atoms with Gasteiger partial charge < -0.3 is 15.4 Å². The summed E-state index contributed by atoms with van der Waals surface area (Å²) in [6.45, 7) is 8.51. The molecule has 0 fully saturated rings. The molecule has 0 aromatic heterocycles. The fraction of sp³-hybridized carbons (Fsp3) is 0.625. The van der Waals surface area contributed by atoms with Crippen LogP contribution in [0.5, 0.6) is 5.75 Å². The second kappa shape index (κ2) is 5.93. The van der Waals surface area contributed by atoms with Crippen LogP contribution >= 0.6 is 0 Å². The van der Waals surface area contributed by atoms with Gasteiger partial charge in [0.15, 0.2) is 0 Å². The first-order valence-corrected chi connectivity index (χ1v) is 6.81. The maximum atomic E-state index is 6.37. The zero-order chi connectivity index (χ0) is 14.8. The number of nitrogens with two attached hydrogens (primary N) is 1. The lowest BCUT2D eigenvalue weighted by Crippen LogP contribution is -2.46. The second-order valence-electron chi connectivity index (χ2n) is 6.34. The highest BCUT2D eigenvalue weighted by atomic mass is 16.5.